The van der Waals surface area contributed by atoms with Crippen molar-refractivity contribution in [3.8, 4) is 0 Å². The Morgan fingerprint density at radius 3 is 2.47 bits per heavy atom. The monoisotopic (exact) mass is 246 g/mol. The zero-order chi connectivity index (χ0) is 12.7. The van der Waals surface area contributed by atoms with Gasteiger partial charge in [0.05, 0.1) is 12.7 Å². The van der Waals surface area contributed by atoms with E-state index in [0.29, 0.717) is 6.61 Å². The number of aliphatic hydroxyl groups is 2. The van der Waals surface area contributed by atoms with Crippen molar-refractivity contribution in [2.45, 2.75) is 70.4 Å². The SMILES string of the molecule is CCCCCCCOC1C(C)OC(CO)C1O. The van der Waals surface area contributed by atoms with E-state index in [4.69, 9.17) is 14.6 Å². The third kappa shape index (κ3) is 4.54. The molecule has 17 heavy (non-hydrogen) atoms. The van der Waals surface area contributed by atoms with Crippen LogP contribution < -0.4 is 0 Å². The minimum Gasteiger partial charge on any atom is -0.394 e. The molecule has 1 heterocycles. The summed E-state index contributed by atoms with van der Waals surface area (Å²) in [4.78, 5) is 0. The lowest BCUT2D eigenvalue weighted by atomic mass is 10.1. The number of hydrogen-bond donors (Lipinski definition) is 2. The second-order valence-electron chi connectivity index (χ2n) is 4.80. The molecule has 102 valence electrons. The zero-order valence-corrected chi connectivity index (χ0v) is 11.0. The Morgan fingerprint density at radius 1 is 1.18 bits per heavy atom. The number of rotatable bonds is 8. The van der Waals surface area contributed by atoms with Crippen LogP contribution >= 0.6 is 0 Å². The van der Waals surface area contributed by atoms with Gasteiger partial charge in [-0.25, -0.2) is 0 Å². The maximum Gasteiger partial charge on any atom is 0.112 e. The first-order valence-corrected chi connectivity index (χ1v) is 6.76. The summed E-state index contributed by atoms with van der Waals surface area (Å²) in [5.41, 5.74) is 0. The van der Waals surface area contributed by atoms with Crippen LogP contribution in [0.15, 0.2) is 0 Å². The Kier molecular flexibility index (Phi) is 7.04. The summed E-state index contributed by atoms with van der Waals surface area (Å²) >= 11 is 0. The van der Waals surface area contributed by atoms with Gasteiger partial charge < -0.3 is 19.7 Å². The van der Waals surface area contributed by atoms with E-state index in [1.165, 1.54) is 25.7 Å². The number of hydrogen-bond acceptors (Lipinski definition) is 4. The highest BCUT2D eigenvalue weighted by Gasteiger charge is 2.41. The Hall–Kier alpha value is -0.160. The van der Waals surface area contributed by atoms with Crippen LogP contribution in [0.3, 0.4) is 0 Å². The van der Waals surface area contributed by atoms with Crippen molar-refractivity contribution in [2.75, 3.05) is 13.2 Å². The van der Waals surface area contributed by atoms with Gasteiger partial charge in [-0.3, -0.25) is 0 Å². The van der Waals surface area contributed by atoms with Crippen LogP contribution in [0, 0.1) is 0 Å². The van der Waals surface area contributed by atoms with Gasteiger partial charge in [0.1, 0.15) is 18.3 Å². The van der Waals surface area contributed by atoms with Gasteiger partial charge in [-0.2, -0.15) is 0 Å². The third-order valence-electron chi connectivity index (χ3n) is 3.31. The molecule has 1 aliphatic heterocycles. The van der Waals surface area contributed by atoms with E-state index < -0.39 is 12.2 Å². The van der Waals surface area contributed by atoms with Gasteiger partial charge in [-0.05, 0) is 13.3 Å². The van der Waals surface area contributed by atoms with Crippen molar-refractivity contribution in [3.05, 3.63) is 0 Å². The van der Waals surface area contributed by atoms with E-state index in [-0.39, 0.29) is 18.8 Å². The summed E-state index contributed by atoms with van der Waals surface area (Å²) in [5.74, 6) is 0. The maximum atomic E-state index is 9.85. The van der Waals surface area contributed by atoms with Crippen LogP contribution in [0.4, 0.5) is 0 Å². The van der Waals surface area contributed by atoms with E-state index in [9.17, 15) is 5.11 Å². The lowest BCUT2D eigenvalue weighted by molar-refractivity contribution is -0.0339. The lowest BCUT2D eigenvalue weighted by Gasteiger charge is -2.18. The average molecular weight is 246 g/mol. The summed E-state index contributed by atoms with van der Waals surface area (Å²) in [6.07, 6.45) is 4.34. The van der Waals surface area contributed by atoms with Crippen LogP contribution in [0.5, 0.6) is 0 Å². The largest absolute Gasteiger partial charge is 0.394 e. The summed E-state index contributed by atoms with van der Waals surface area (Å²) in [6.45, 7) is 4.58. The first-order chi connectivity index (χ1) is 8.20. The molecule has 0 radical (unpaired) electrons. The summed E-state index contributed by atoms with van der Waals surface area (Å²) < 4.78 is 11.1. The van der Waals surface area contributed by atoms with E-state index in [1.807, 2.05) is 6.92 Å². The molecule has 1 saturated heterocycles. The molecule has 0 aromatic heterocycles. The standard InChI is InChI=1S/C13H26O4/c1-3-4-5-6-7-8-16-13-10(2)17-11(9-14)12(13)15/h10-15H,3-9H2,1-2H3. The number of unbranched alkanes of at least 4 members (excludes halogenated alkanes) is 4. The molecule has 1 aliphatic rings. The highest BCUT2D eigenvalue weighted by Crippen LogP contribution is 2.23. The van der Waals surface area contributed by atoms with Gasteiger partial charge in [-0.1, -0.05) is 32.6 Å². The van der Waals surface area contributed by atoms with Crippen molar-refractivity contribution in [1.82, 2.24) is 0 Å². The molecular weight excluding hydrogens is 220 g/mol. The highest BCUT2D eigenvalue weighted by molar-refractivity contribution is 4.89. The molecule has 4 nitrogen and oxygen atoms in total. The molecule has 2 N–H and O–H groups in total. The maximum absolute atomic E-state index is 9.85. The van der Waals surface area contributed by atoms with Crippen LogP contribution in [0.2, 0.25) is 0 Å². The quantitative estimate of drug-likeness (QED) is 0.637. The highest BCUT2D eigenvalue weighted by atomic mass is 16.6. The van der Waals surface area contributed by atoms with Gasteiger partial charge in [0, 0.05) is 6.61 Å². The molecule has 4 atom stereocenters. The van der Waals surface area contributed by atoms with E-state index in [2.05, 4.69) is 6.92 Å². The number of ether oxygens (including phenoxy) is 2. The summed E-state index contributed by atoms with van der Waals surface area (Å²) in [5, 5.41) is 18.9. The normalized spacial score (nSPS) is 33.2. The zero-order valence-electron chi connectivity index (χ0n) is 11.0. The Morgan fingerprint density at radius 2 is 1.88 bits per heavy atom. The fourth-order valence-corrected chi connectivity index (χ4v) is 2.23. The van der Waals surface area contributed by atoms with Gasteiger partial charge in [-0.15, -0.1) is 0 Å². The molecule has 0 aromatic carbocycles. The Bertz CT molecular complexity index is 198. The molecular formula is C13H26O4. The van der Waals surface area contributed by atoms with Gasteiger partial charge >= 0.3 is 0 Å². The smallest absolute Gasteiger partial charge is 0.112 e. The van der Waals surface area contributed by atoms with Crippen LogP contribution in [-0.2, 0) is 9.47 Å². The predicted octanol–water partition coefficient (Wildman–Crippen LogP) is 1.48. The van der Waals surface area contributed by atoms with Gasteiger partial charge in [0.2, 0.25) is 0 Å². The Labute approximate surface area is 104 Å². The topological polar surface area (TPSA) is 58.9 Å². The third-order valence-corrected chi connectivity index (χ3v) is 3.31. The Balaban J connectivity index is 2.14. The van der Waals surface area contributed by atoms with Crippen LogP contribution in [0.1, 0.15) is 46.0 Å². The van der Waals surface area contributed by atoms with Crippen LogP contribution in [0.25, 0.3) is 0 Å². The van der Waals surface area contributed by atoms with Crippen molar-refractivity contribution >= 4 is 0 Å². The minimum atomic E-state index is -0.703. The molecule has 0 spiro atoms. The lowest BCUT2D eigenvalue weighted by Crippen LogP contribution is -2.35. The molecule has 0 saturated carbocycles. The molecule has 4 heteroatoms. The summed E-state index contributed by atoms with van der Waals surface area (Å²) in [6, 6.07) is 0. The average Bonchev–Trinajstić information content (AvgIpc) is 2.60. The minimum absolute atomic E-state index is 0.141. The first-order valence-electron chi connectivity index (χ1n) is 6.76. The predicted molar refractivity (Wildman–Crippen MR) is 65.9 cm³/mol. The van der Waals surface area contributed by atoms with E-state index in [1.54, 1.807) is 0 Å². The summed E-state index contributed by atoms with van der Waals surface area (Å²) in [7, 11) is 0. The molecule has 1 rings (SSSR count). The van der Waals surface area contributed by atoms with Gasteiger partial charge in [0.25, 0.3) is 0 Å². The number of aliphatic hydroxyl groups excluding tert-OH is 2. The molecule has 0 aliphatic carbocycles. The molecule has 0 amide bonds. The fraction of sp³-hybridized carbons (Fsp3) is 1.00. The second-order valence-corrected chi connectivity index (χ2v) is 4.80. The molecule has 0 aromatic rings. The first kappa shape index (κ1) is 14.9. The van der Waals surface area contributed by atoms with E-state index in [0.717, 1.165) is 6.42 Å². The second kappa shape index (κ2) is 8.03. The fourth-order valence-electron chi connectivity index (χ4n) is 2.23. The van der Waals surface area contributed by atoms with E-state index >= 15 is 0 Å². The molecule has 0 bridgehead atoms. The molecule has 1 fully saturated rings. The van der Waals surface area contributed by atoms with Crippen LogP contribution in [-0.4, -0.2) is 47.8 Å². The van der Waals surface area contributed by atoms with Crippen molar-refractivity contribution in [1.29, 1.82) is 0 Å². The van der Waals surface area contributed by atoms with Crippen molar-refractivity contribution < 1.29 is 19.7 Å². The van der Waals surface area contributed by atoms with Gasteiger partial charge in [0.15, 0.2) is 0 Å². The van der Waals surface area contributed by atoms with Crippen molar-refractivity contribution in [3.63, 3.8) is 0 Å². The molecule has 4 unspecified atom stereocenters. The van der Waals surface area contributed by atoms with Crippen molar-refractivity contribution in [2.24, 2.45) is 0 Å².